The number of para-hydroxylation sites is 2. The minimum atomic E-state index is 0. The molecule has 0 aromatic heterocycles. The number of nitrogens with one attached hydrogen (secondary N) is 2. The van der Waals surface area contributed by atoms with Gasteiger partial charge in [-0.3, -0.25) is 4.99 Å². The summed E-state index contributed by atoms with van der Waals surface area (Å²) in [7, 11) is 5.25. The van der Waals surface area contributed by atoms with Crippen LogP contribution in [-0.2, 0) is 6.42 Å². The number of anilines is 1. The number of guanidine groups is 1. The Labute approximate surface area is 197 Å². The third-order valence-corrected chi connectivity index (χ3v) is 5.25. The van der Waals surface area contributed by atoms with Gasteiger partial charge in [0.1, 0.15) is 11.5 Å². The third kappa shape index (κ3) is 6.68. The maximum Gasteiger partial charge on any atom is 0.191 e. The molecule has 0 aliphatic carbocycles. The van der Waals surface area contributed by atoms with E-state index in [0.29, 0.717) is 6.04 Å². The fraction of sp³-hybridized carbons (Fsp3) is 0.435. The van der Waals surface area contributed by atoms with E-state index in [1.807, 2.05) is 31.3 Å². The first-order valence-corrected chi connectivity index (χ1v) is 10.2. The third-order valence-electron chi connectivity index (χ3n) is 5.25. The van der Waals surface area contributed by atoms with Crippen molar-refractivity contribution in [3.8, 4) is 11.5 Å². The van der Waals surface area contributed by atoms with Gasteiger partial charge in [-0.25, -0.2) is 0 Å². The molecule has 30 heavy (non-hydrogen) atoms. The predicted molar refractivity (Wildman–Crippen MR) is 135 cm³/mol. The van der Waals surface area contributed by atoms with E-state index in [2.05, 4.69) is 44.8 Å². The summed E-state index contributed by atoms with van der Waals surface area (Å²) < 4.78 is 10.8. The van der Waals surface area contributed by atoms with E-state index < -0.39 is 0 Å². The van der Waals surface area contributed by atoms with Crippen LogP contribution in [0.2, 0.25) is 0 Å². The van der Waals surface area contributed by atoms with Gasteiger partial charge >= 0.3 is 0 Å². The van der Waals surface area contributed by atoms with Crippen LogP contribution in [0.1, 0.15) is 18.4 Å². The van der Waals surface area contributed by atoms with Gasteiger partial charge < -0.3 is 25.0 Å². The Kier molecular flexibility index (Phi) is 10.1. The molecule has 6 nitrogen and oxygen atoms in total. The summed E-state index contributed by atoms with van der Waals surface area (Å²) in [6.45, 7) is 2.82. The van der Waals surface area contributed by atoms with Crippen molar-refractivity contribution in [2.24, 2.45) is 4.99 Å². The van der Waals surface area contributed by atoms with Crippen LogP contribution in [0.4, 0.5) is 5.69 Å². The molecule has 164 valence electrons. The van der Waals surface area contributed by atoms with Crippen LogP contribution < -0.4 is 25.0 Å². The fourth-order valence-electron chi connectivity index (χ4n) is 3.70. The van der Waals surface area contributed by atoms with Crippen LogP contribution >= 0.6 is 24.0 Å². The van der Waals surface area contributed by atoms with E-state index in [0.717, 1.165) is 62.0 Å². The van der Waals surface area contributed by atoms with Crippen molar-refractivity contribution in [3.63, 3.8) is 0 Å². The van der Waals surface area contributed by atoms with E-state index in [1.54, 1.807) is 14.2 Å². The van der Waals surface area contributed by atoms with Gasteiger partial charge in [-0.05, 0) is 49.1 Å². The first kappa shape index (κ1) is 24.1. The second-order valence-electron chi connectivity index (χ2n) is 7.20. The van der Waals surface area contributed by atoms with E-state index >= 15 is 0 Å². The maximum atomic E-state index is 5.51. The van der Waals surface area contributed by atoms with Gasteiger partial charge in [-0.15, -0.1) is 24.0 Å². The molecule has 1 aliphatic rings. The highest BCUT2D eigenvalue weighted by Crippen LogP contribution is 2.30. The Morgan fingerprint density at radius 3 is 2.73 bits per heavy atom. The second-order valence-corrected chi connectivity index (χ2v) is 7.20. The van der Waals surface area contributed by atoms with Gasteiger partial charge in [-0.2, -0.15) is 0 Å². The Morgan fingerprint density at radius 1 is 1.13 bits per heavy atom. The summed E-state index contributed by atoms with van der Waals surface area (Å²) in [5.41, 5.74) is 2.44. The van der Waals surface area contributed by atoms with Gasteiger partial charge in [0, 0.05) is 32.7 Å². The number of methoxy groups -OCH3 is 2. The van der Waals surface area contributed by atoms with Gasteiger partial charge in [0.25, 0.3) is 0 Å². The normalized spacial score (nSPS) is 16.0. The highest BCUT2D eigenvalue weighted by molar-refractivity contribution is 14.0. The molecule has 1 heterocycles. The van der Waals surface area contributed by atoms with Crippen molar-refractivity contribution in [3.05, 3.63) is 54.1 Å². The minimum Gasteiger partial charge on any atom is -0.497 e. The molecule has 1 unspecified atom stereocenters. The Hall–Kier alpha value is -2.16. The molecule has 1 fully saturated rings. The highest BCUT2D eigenvalue weighted by atomic mass is 127. The molecule has 1 aliphatic heterocycles. The van der Waals surface area contributed by atoms with Crippen LogP contribution in [0.5, 0.6) is 11.5 Å². The Bertz CT molecular complexity index is 815. The molecule has 1 saturated heterocycles. The van der Waals surface area contributed by atoms with Gasteiger partial charge in [0.15, 0.2) is 5.96 Å². The minimum absolute atomic E-state index is 0. The SMILES string of the molecule is CN=C(NCCCc1cccc(OC)c1)NC1CCN(c2ccccc2OC)C1.I. The van der Waals surface area contributed by atoms with Crippen molar-refractivity contribution < 1.29 is 9.47 Å². The van der Waals surface area contributed by atoms with Gasteiger partial charge in [0.2, 0.25) is 0 Å². The van der Waals surface area contributed by atoms with Crippen LogP contribution in [0.25, 0.3) is 0 Å². The summed E-state index contributed by atoms with van der Waals surface area (Å²) in [5.74, 6) is 2.70. The zero-order chi connectivity index (χ0) is 20.5. The largest absolute Gasteiger partial charge is 0.497 e. The van der Waals surface area contributed by atoms with Crippen molar-refractivity contribution in [1.29, 1.82) is 0 Å². The summed E-state index contributed by atoms with van der Waals surface area (Å²) in [6.07, 6.45) is 3.11. The average Bonchev–Trinajstić information content (AvgIpc) is 3.24. The quantitative estimate of drug-likeness (QED) is 0.239. The van der Waals surface area contributed by atoms with Crippen molar-refractivity contribution in [2.45, 2.75) is 25.3 Å². The summed E-state index contributed by atoms with van der Waals surface area (Å²) in [5, 5.41) is 6.99. The van der Waals surface area contributed by atoms with E-state index in [1.165, 1.54) is 5.56 Å². The topological polar surface area (TPSA) is 58.1 Å². The fourth-order valence-corrected chi connectivity index (χ4v) is 3.70. The molecule has 3 rings (SSSR count). The van der Waals surface area contributed by atoms with Crippen molar-refractivity contribution in [2.75, 3.05) is 45.8 Å². The number of benzene rings is 2. The van der Waals surface area contributed by atoms with Crippen LogP contribution in [0, 0.1) is 0 Å². The second kappa shape index (κ2) is 12.5. The van der Waals surface area contributed by atoms with E-state index in [9.17, 15) is 0 Å². The number of hydrogen-bond acceptors (Lipinski definition) is 4. The number of hydrogen-bond donors (Lipinski definition) is 2. The molecule has 2 N–H and O–H groups in total. The van der Waals surface area contributed by atoms with Crippen LogP contribution in [0.3, 0.4) is 0 Å². The van der Waals surface area contributed by atoms with Crippen molar-refractivity contribution in [1.82, 2.24) is 10.6 Å². The number of aryl methyl sites for hydroxylation is 1. The predicted octanol–water partition coefficient (Wildman–Crippen LogP) is 3.70. The van der Waals surface area contributed by atoms with Crippen LogP contribution in [0.15, 0.2) is 53.5 Å². The first-order valence-electron chi connectivity index (χ1n) is 10.2. The molecule has 1 atom stereocenters. The van der Waals surface area contributed by atoms with Crippen molar-refractivity contribution >= 4 is 35.6 Å². The number of ether oxygens (including phenoxy) is 2. The summed E-state index contributed by atoms with van der Waals surface area (Å²) in [4.78, 5) is 6.75. The lowest BCUT2D eigenvalue weighted by molar-refractivity contribution is 0.414. The number of halogens is 1. The molecule has 0 radical (unpaired) electrons. The zero-order valence-corrected chi connectivity index (χ0v) is 20.4. The average molecular weight is 524 g/mol. The standard InChI is InChI=1S/C23H32N4O2.HI/c1-24-23(25-14-7-9-18-8-6-10-20(16-18)28-2)26-19-13-15-27(17-19)21-11-4-5-12-22(21)29-3;/h4-6,8,10-12,16,19H,7,9,13-15,17H2,1-3H3,(H2,24,25,26);1H. The number of nitrogens with zero attached hydrogens (tertiary/aromatic N) is 2. The smallest absolute Gasteiger partial charge is 0.191 e. The maximum absolute atomic E-state index is 5.51. The van der Waals surface area contributed by atoms with E-state index in [-0.39, 0.29) is 24.0 Å². The Balaban J connectivity index is 0.00000320. The number of rotatable bonds is 8. The molecule has 0 amide bonds. The first-order chi connectivity index (χ1) is 14.2. The summed E-state index contributed by atoms with van der Waals surface area (Å²) in [6, 6.07) is 16.8. The molecule has 0 bridgehead atoms. The molecule has 0 saturated carbocycles. The lowest BCUT2D eigenvalue weighted by Gasteiger charge is -2.22. The van der Waals surface area contributed by atoms with Crippen LogP contribution in [-0.4, -0.2) is 52.9 Å². The lowest BCUT2D eigenvalue weighted by atomic mass is 10.1. The summed E-state index contributed by atoms with van der Waals surface area (Å²) >= 11 is 0. The molecule has 0 spiro atoms. The molecule has 7 heteroatoms. The zero-order valence-electron chi connectivity index (χ0n) is 18.1. The molecular weight excluding hydrogens is 491 g/mol. The number of aliphatic imine (C=N–C) groups is 1. The monoisotopic (exact) mass is 524 g/mol. The molecular formula is C23H33IN4O2. The van der Waals surface area contributed by atoms with Gasteiger partial charge in [0.05, 0.1) is 19.9 Å². The van der Waals surface area contributed by atoms with Gasteiger partial charge in [-0.1, -0.05) is 24.3 Å². The lowest BCUT2D eigenvalue weighted by Crippen LogP contribution is -2.44. The molecule has 2 aromatic rings. The molecule has 2 aromatic carbocycles. The van der Waals surface area contributed by atoms with E-state index in [4.69, 9.17) is 9.47 Å². The Morgan fingerprint density at radius 2 is 1.97 bits per heavy atom. The highest BCUT2D eigenvalue weighted by Gasteiger charge is 2.25.